The molecule has 1 rings (SSSR count). The summed E-state index contributed by atoms with van der Waals surface area (Å²) in [6.45, 7) is 1.77. The molecule has 3 nitrogen and oxygen atoms in total. The Morgan fingerprint density at radius 1 is 1.41 bits per heavy atom. The quantitative estimate of drug-likeness (QED) is 0.768. The second-order valence-electron chi connectivity index (χ2n) is 3.58. The molecule has 0 bridgehead atoms. The highest BCUT2D eigenvalue weighted by Crippen LogP contribution is 2.30. The number of hydrogen-bond acceptors (Lipinski definition) is 2. The molecule has 0 N–H and O–H groups in total. The van der Waals surface area contributed by atoms with Gasteiger partial charge in [-0.15, -0.1) is 0 Å². The normalized spacial score (nSPS) is 14.0. The van der Waals surface area contributed by atoms with Gasteiger partial charge in [0.1, 0.15) is 4.66 Å². The van der Waals surface area contributed by atoms with E-state index in [0.29, 0.717) is 10.0 Å². The molecule has 96 valence electrons. The minimum Gasteiger partial charge on any atom is -0.211 e. The average Bonchev–Trinajstić information content (AvgIpc) is 2.27. The lowest BCUT2D eigenvalue weighted by molar-refractivity contribution is 0.401. The van der Waals surface area contributed by atoms with Crippen molar-refractivity contribution in [2.45, 2.75) is 13.0 Å². The van der Waals surface area contributed by atoms with Crippen LogP contribution in [-0.4, -0.2) is 24.4 Å². The molecular weight excluding hydrogens is 349 g/mol. The summed E-state index contributed by atoms with van der Waals surface area (Å²) in [6.07, 6.45) is 0. The monoisotopic (exact) mass is 359 g/mol. The van der Waals surface area contributed by atoms with Crippen molar-refractivity contribution < 1.29 is 8.42 Å². The molecule has 1 aromatic carbocycles. The highest BCUT2D eigenvalue weighted by atomic mass is 79.9. The molecule has 0 radical (unpaired) electrons. The number of hydrogen-bond donors (Lipinski definition) is 0. The zero-order valence-electron chi connectivity index (χ0n) is 9.32. The van der Waals surface area contributed by atoms with Crippen LogP contribution in [0.25, 0.3) is 0 Å². The summed E-state index contributed by atoms with van der Waals surface area (Å²) in [5.41, 5.74) is 0.725. The van der Waals surface area contributed by atoms with Crippen molar-refractivity contribution in [3.63, 3.8) is 0 Å². The van der Waals surface area contributed by atoms with E-state index in [1.807, 2.05) is 0 Å². The average molecular weight is 361 g/mol. The van der Waals surface area contributed by atoms with Crippen LogP contribution >= 0.6 is 39.1 Å². The molecule has 0 saturated carbocycles. The standard InChI is InChI=1S/C10H12BrCl2NO2S/c1-7(14(2)17(15,16)6-11)9-4-3-8(12)5-10(9)13/h3-5,7H,6H2,1-2H3/t7-/m0/s1. The Labute approximate surface area is 120 Å². The van der Waals surface area contributed by atoms with Crippen LogP contribution in [0.4, 0.5) is 0 Å². The molecule has 0 aliphatic heterocycles. The van der Waals surface area contributed by atoms with Crippen molar-refractivity contribution in [3.05, 3.63) is 33.8 Å². The van der Waals surface area contributed by atoms with Gasteiger partial charge >= 0.3 is 0 Å². The van der Waals surface area contributed by atoms with Crippen molar-refractivity contribution in [1.82, 2.24) is 4.31 Å². The molecule has 0 heterocycles. The van der Waals surface area contributed by atoms with Crippen LogP contribution in [0.15, 0.2) is 18.2 Å². The van der Waals surface area contributed by atoms with E-state index in [-0.39, 0.29) is 10.7 Å². The molecule has 0 saturated heterocycles. The SMILES string of the molecule is C[C@@H](c1ccc(Cl)cc1Cl)N(C)S(=O)(=O)CBr. The van der Waals surface area contributed by atoms with E-state index in [4.69, 9.17) is 23.2 Å². The highest BCUT2D eigenvalue weighted by Gasteiger charge is 2.24. The predicted octanol–water partition coefficient (Wildman–Crippen LogP) is 3.67. The largest absolute Gasteiger partial charge is 0.224 e. The fourth-order valence-corrected chi connectivity index (χ4v) is 3.64. The summed E-state index contributed by atoms with van der Waals surface area (Å²) >= 11 is 14.8. The lowest BCUT2D eigenvalue weighted by Gasteiger charge is -2.24. The fourth-order valence-electron chi connectivity index (χ4n) is 1.35. The molecule has 17 heavy (non-hydrogen) atoms. The van der Waals surface area contributed by atoms with Gasteiger partial charge in [-0.25, -0.2) is 8.42 Å². The number of benzene rings is 1. The summed E-state index contributed by atoms with van der Waals surface area (Å²) in [7, 11) is -1.79. The smallest absolute Gasteiger partial charge is 0.211 e. The maximum Gasteiger partial charge on any atom is 0.224 e. The first-order valence-corrected chi connectivity index (χ1v) is 8.25. The van der Waals surface area contributed by atoms with Crippen LogP contribution in [-0.2, 0) is 10.0 Å². The van der Waals surface area contributed by atoms with E-state index >= 15 is 0 Å². The van der Waals surface area contributed by atoms with Crippen LogP contribution in [0.5, 0.6) is 0 Å². The summed E-state index contributed by atoms with van der Waals surface area (Å²) in [5.74, 6) is 0. The first kappa shape index (κ1) is 15.2. The molecule has 0 spiro atoms. The van der Waals surface area contributed by atoms with Crippen molar-refractivity contribution >= 4 is 49.2 Å². The molecule has 0 aliphatic carbocycles. The third-order valence-electron chi connectivity index (χ3n) is 2.53. The predicted molar refractivity (Wildman–Crippen MR) is 75.4 cm³/mol. The lowest BCUT2D eigenvalue weighted by Crippen LogP contribution is -2.30. The minimum absolute atomic E-state index is 0.119. The van der Waals surface area contributed by atoms with Gasteiger partial charge < -0.3 is 0 Å². The molecule has 0 aliphatic rings. The van der Waals surface area contributed by atoms with Crippen molar-refractivity contribution in [3.8, 4) is 0 Å². The Bertz CT molecular complexity index is 507. The third-order valence-corrected chi connectivity index (χ3v) is 6.30. The zero-order valence-corrected chi connectivity index (χ0v) is 13.2. The Morgan fingerprint density at radius 3 is 2.47 bits per heavy atom. The Morgan fingerprint density at radius 2 is 2.00 bits per heavy atom. The molecule has 1 atom stereocenters. The minimum atomic E-state index is -3.31. The van der Waals surface area contributed by atoms with Gasteiger partial charge in [-0.05, 0) is 24.6 Å². The first-order valence-electron chi connectivity index (χ1n) is 4.76. The molecule has 0 unspecified atom stereocenters. The van der Waals surface area contributed by atoms with E-state index < -0.39 is 10.0 Å². The fraction of sp³-hybridized carbons (Fsp3) is 0.400. The number of alkyl halides is 1. The maximum absolute atomic E-state index is 11.7. The molecular formula is C10H12BrCl2NO2S. The Kier molecular flexibility index (Phi) is 5.28. The summed E-state index contributed by atoms with van der Waals surface area (Å²) in [5, 5.41) is 0.985. The van der Waals surface area contributed by atoms with Gasteiger partial charge in [-0.3, -0.25) is 0 Å². The summed E-state index contributed by atoms with van der Waals surface area (Å²) in [4.78, 5) is 0. The Balaban J connectivity index is 3.09. The van der Waals surface area contributed by atoms with Gasteiger partial charge in [0, 0.05) is 23.1 Å². The topological polar surface area (TPSA) is 37.4 Å². The van der Waals surface area contributed by atoms with E-state index in [0.717, 1.165) is 5.56 Å². The van der Waals surface area contributed by atoms with Gasteiger partial charge in [-0.2, -0.15) is 4.31 Å². The molecule has 1 aromatic rings. The molecule has 0 fully saturated rings. The van der Waals surface area contributed by atoms with Gasteiger partial charge in [0.25, 0.3) is 0 Å². The van der Waals surface area contributed by atoms with Gasteiger partial charge in [0.15, 0.2) is 0 Å². The second-order valence-corrected chi connectivity index (χ2v) is 7.75. The zero-order chi connectivity index (χ0) is 13.2. The van der Waals surface area contributed by atoms with E-state index in [1.54, 1.807) is 25.1 Å². The van der Waals surface area contributed by atoms with E-state index in [2.05, 4.69) is 15.9 Å². The van der Waals surface area contributed by atoms with Crippen LogP contribution in [0.2, 0.25) is 10.0 Å². The van der Waals surface area contributed by atoms with Crippen molar-refractivity contribution in [2.75, 3.05) is 11.7 Å². The molecule has 0 aromatic heterocycles. The van der Waals surface area contributed by atoms with Crippen LogP contribution in [0.1, 0.15) is 18.5 Å². The van der Waals surface area contributed by atoms with E-state index in [9.17, 15) is 8.42 Å². The van der Waals surface area contributed by atoms with Gasteiger partial charge in [0.2, 0.25) is 10.0 Å². The van der Waals surface area contributed by atoms with Crippen LogP contribution < -0.4 is 0 Å². The third kappa shape index (κ3) is 3.58. The van der Waals surface area contributed by atoms with Gasteiger partial charge in [0.05, 0.1) is 0 Å². The van der Waals surface area contributed by atoms with Crippen LogP contribution in [0, 0.1) is 0 Å². The number of sulfonamides is 1. The number of rotatable bonds is 4. The molecule has 7 heteroatoms. The van der Waals surface area contributed by atoms with Crippen LogP contribution in [0.3, 0.4) is 0 Å². The summed E-state index contributed by atoms with van der Waals surface area (Å²) < 4.78 is 24.6. The molecule has 0 amide bonds. The van der Waals surface area contributed by atoms with E-state index in [1.165, 1.54) is 11.4 Å². The lowest BCUT2D eigenvalue weighted by atomic mass is 10.1. The van der Waals surface area contributed by atoms with Crippen molar-refractivity contribution in [2.24, 2.45) is 0 Å². The first-order chi connectivity index (χ1) is 7.79. The highest BCUT2D eigenvalue weighted by molar-refractivity contribution is 9.10. The van der Waals surface area contributed by atoms with Crippen molar-refractivity contribution in [1.29, 1.82) is 0 Å². The Hall–Kier alpha value is 0.190. The summed E-state index contributed by atoms with van der Waals surface area (Å²) in [6, 6.07) is 4.68. The maximum atomic E-state index is 11.7. The van der Waals surface area contributed by atoms with Gasteiger partial charge in [-0.1, -0.05) is 45.2 Å². The number of nitrogens with zero attached hydrogens (tertiary/aromatic N) is 1. The number of halogens is 3. The second kappa shape index (κ2) is 5.89.